The van der Waals surface area contributed by atoms with Crippen molar-refractivity contribution in [3.63, 3.8) is 0 Å². The zero-order valence-corrected chi connectivity index (χ0v) is 16.8. The Balaban J connectivity index is 1.91. The Kier molecular flexibility index (Phi) is 3.77. The molecule has 0 unspecified atom stereocenters. The lowest BCUT2D eigenvalue weighted by Crippen LogP contribution is -2.31. The van der Waals surface area contributed by atoms with Crippen molar-refractivity contribution < 1.29 is 8.98 Å². The van der Waals surface area contributed by atoms with E-state index in [4.69, 9.17) is 4.42 Å². The minimum absolute atomic E-state index is 0.485. The van der Waals surface area contributed by atoms with Crippen LogP contribution in [0.5, 0.6) is 0 Å². The summed E-state index contributed by atoms with van der Waals surface area (Å²) in [5.41, 5.74) is 6.89. The molecule has 0 bridgehead atoms. The van der Waals surface area contributed by atoms with Gasteiger partial charge in [0.05, 0.1) is 5.56 Å². The SMILES string of the molecule is Cc1ccc2c(oc3c4ccccc4ccc23)c1-c1cc(C(C)C)cc[n+]1C. The Morgan fingerprint density at radius 3 is 2.39 bits per heavy atom. The van der Waals surface area contributed by atoms with Gasteiger partial charge in [0.2, 0.25) is 5.69 Å². The number of rotatable bonds is 2. The van der Waals surface area contributed by atoms with Gasteiger partial charge in [-0.1, -0.05) is 56.3 Å². The van der Waals surface area contributed by atoms with Crippen LogP contribution in [0.1, 0.15) is 30.9 Å². The molecule has 0 aliphatic rings. The van der Waals surface area contributed by atoms with Gasteiger partial charge in [-0.05, 0) is 35.4 Å². The number of pyridine rings is 1. The Hall–Kier alpha value is -3.13. The number of aryl methyl sites for hydroxylation is 2. The normalized spacial score (nSPS) is 11.9. The van der Waals surface area contributed by atoms with Gasteiger partial charge < -0.3 is 4.42 Å². The van der Waals surface area contributed by atoms with E-state index in [9.17, 15) is 0 Å². The molecule has 0 aliphatic carbocycles. The van der Waals surface area contributed by atoms with Crippen molar-refractivity contribution in [2.24, 2.45) is 7.05 Å². The van der Waals surface area contributed by atoms with Crippen LogP contribution in [0.3, 0.4) is 0 Å². The van der Waals surface area contributed by atoms with Crippen LogP contribution >= 0.6 is 0 Å². The van der Waals surface area contributed by atoms with Gasteiger partial charge in [0.1, 0.15) is 18.2 Å². The zero-order chi connectivity index (χ0) is 19.4. The third-order valence-electron chi connectivity index (χ3n) is 5.84. The van der Waals surface area contributed by atoms with Gasteiger partial charge in [-0.3, -0.25) is 0 Å². The third kappa shape index (κ3) is 2.45. The van der Waals surface area contributed by atoms with Crippen molar-refractivity contribution in [3.05, 3.63) is 78.0 Å². The molecule has 28 heavy (non-hydrogen) atoms. The minimum atomic E-state index is 0.485. The first-order valence-electron chi connectivity index (χ1n) is 9.88. The van der Waals surface area contributed by atoms with Crippen LogP contribution in [0, 0.1) is 6.92 Å². The van der Waals surface area contributed by atoms with Crippen molar-refractivity contribution >= 4 is 32.7 Å². The van der Waals surface area contributed by atoms with E-state index in [0.717, 1.165) is 11.2 Å². The molecule has 2 aromatic heterocycles. The van der Waals surface area contributed by atoms with Crippen LogP contribution < -0.4 is 4.57 Å². The average molecular weight is 366 g/mol. The predicted molar refractivity (Wildman–Crippen MR) is 117 cm³/mol. The summed E-state index contributed by atoms with van der Waals surface area (Å²) in [4.78, 5) is 0. The smallest absolute Gasteiger partial charge is 0.216 e. The fourth-order valence-corrected chi connectivity index (χ4v) is 4.18. The number of nitrogens with zero attached hydrogens (tertiary/aromatic N) is 1. The topological polar surface area (TPSA) is 17.0 Å². The number of benzene rings is 3. The predicted octanol–water partition coefficient (Wildman–Crippen LogP) is 6.66. The van der Waals surface area contributed by atoms with Crippen LogP contribution in [0.25, 0.3) is 44.0 Å². The van der Waals surface area contributed by atoms with E-state index in [1.807, 2.05) is 0 Å². The standard InChI is InChI=1S/C26H24NO/c1-16(2)19-13-14-27(4)23(15-19)24-17(3)9-11-22-21-12-10-18-7-5-6-8-20(18)25(21)28-26(22)24/h5-16H,1-4H3/q+1. The molecule has 0 N–H and O–H groups in total. The molecule has 3 aromatic carbocycles. The second kappa shape index (κ2) is 6.20. The Bertz CT molecular complexity index is 1360. The number of aromatic nitrogens is 1. The highest BCUT2D eigenvalue weighted by Gasteiger charge is 2.22. The summed E-state index contributed by atoms with van der Waals surface area (Å²) in [6.45, 7) is 6.64. The lowest BCUT2D eigenvalue weighted by molar-refractivity contribution is -0.660. The van der Waals surface area contributed by atoms with Gasteiger partial charge in [-0.25, -0.2) is 4.57 Å². The Labute approximate surface area is 165 Å². The Morgan fingerprint density at radius 1 is 0.821 bits per heavy atom. The number of hydrogen-bond acceptors (Lipinski definition) is 1. The second-order valence-electron chi connectivity index (χ2n) is 8.01. The van der Waals surface area contributed by atoms with Crippen LogP contribution in [0.2, 0.25) is 0 Å². The zero-order valence-electron chi connectivity index (χ0n) is 16.8. The van der Waals surface area contributed by atoms with E-state index in [-0.39, 0.29) is 0 Å². The van der Waals surface area contributed by atoms with Crippen molar-refractivity contribution in [3.8, 4) is 11.3 Å². The maximum atomic E-state index is 6.57. The quantitative estimate of drug-likeness (QED) is 0.319. The van der Waals surface area contributed by atoms with Crippen molar-refractivity contribution in [1.82, 2.24) is 0 Å². The van der Waals surface area contributed by atoms with Crippen molar-refractivity contribution in [2.75, 3.05) is 0 Å². The van der Waals surface area contributed by atoms with Crippen molar-refractivity contribution in [2.45, 2.75) is 26.7 Å². The van der Waals surface area contributed by atoms with Gasteiger partial charge in [-0.15, -0.1) is 0 Å². The molecule has 0 radical (unpaired) electrons. The number of furan rings is 1. The summed E-state index contributed by atoms with van der Waals surface area (Å²) >= 11 is 0. The molecule has 0 saturated heterocycles. The van der Waals surface area contributed by atoms with E-state index >= 15 is 0 Å². The van der Waals surface area contributed by atoms with Crippen LogP contribution in [0.15, 0.2) is 71.3 Å². The fourth-order valence-electron chi connectivity index (χ4n) is 4.18. The number of hydrogen-bond donors (Lipinski definition) is 0. The third-order valence-corrected chi connectivity index (χ3v) is 5.84. The molecule has 5 aromatic rings. The van der Waals surface area contributed by atoms with Crippen molar-refractivity contribution in [1.29, 1.82) is 0 Å². The van der Waals surface area contributed by atoms with Gasteiger partial charge >= 0.3 is 0 Å². The number of fused-ring (bicyclic) bond motifs is 5. The highest BCUT2D eigenvalue weighted by atomic mass is 16.3. The summed E-state index contributed by atoms with van der Waals surface area (Å²) in [6.07, 6.45) is 2.15. The van der Waals surface area contributed by atoms with Crippen LogP contribution in [-0.2, 0) is 7.05 Å². The minimum Gasteiger partial charge on any atom is -0.454 e. The monoisotopic (exact) mass is 366 g/mol. The Morgan fingerprint density at radius 2 is 1.57 bits per heavy atom. The molecule has 0 saturated carbocycles. The molecule has 0 fully saturated rings. The highest BCUT2D eigenvalue weighted by molar-refractivity contribution is 6.17. The molecule has 138 valence electrons. The van der Waals surface area contributed by atoms with E-state index in [2.05, 4.69) is 99.2 Å². The summed E-state index contributed by atoms with van der Waals surface area (Å²) in [7, 11) is 2.11. The molecule has 0 atom stereocenters. The molecule has 2 heteroatoms. The molecule has 2 nitrogen and oxygen atoms in total. The van der Waals surface area contributed by atoms with Gasteiger partial charge in [0.15, 0.2) is 6.20 Å². The summed E-state index contributed by atoms with van der Waals surface area (Å²) in [5.74, 6) is 0.485. The van der Waals surface area contributed by atoms with Crippen LogP contribution in [-0.4, -0.2) is 0 Å². The first-order chi connectivity index (χ1) is 13.5. The average Bonchev–Trinajstić information content (AvgIpc) is 3.07. The molecule has 0 spiro atoms. The van der Waals surface area contributed by atoms with Gasteiger partial charge in [0, 0.05) is 28.3 Å². The molecule has 0 aliphatic heterocycles. The van der Waals surface area contributed by atoms with E-state index in [1.165, 1.54) is 43.9 Å². The first-order valence-corrected chi connectivity index (χ1v) is 9.88. The lowest BCUT2D eigenvalue weighted by atomic mass is 9.97. The van der Waals surface area contributed by atoms with Gasteiger partial charge in [0.25, 0.3) is 0 Å². The maximum absolute atomic E-state index is 6.57. The van der Waals surface area contributed by atoms with Crippen LogP contribution in [0.4, 0.5) is 0 Å². The molecule has 0 amide bonds. The van der Waals surface area contributed by atoms with E-state index < -0.39 is 0 Å². The molecular weight excluding hydrogens is 342 g/mol. The lowest BCUT2D eigenvalue weighted by Gasteiger charge is -2.09. The first kappa shape index (κ1) is 17.0. The maximum Gasteiger partial charge on any atom is 0.216 e. The molecule has 2 heterocycles. The largest absolute Gasteiger partial charge is 0.454 e. The summed E-state index contributed by atoms with van der Waals surface area (Å²) < 4.78 is 8.77. The summed E-state index contributed by atoms with van der Waals surface area (Å²) in [6, 6.07) is 21.7. The fraction of sp³-hybridized carbons (Fsp3) is 0.192. The molecule has 5 rings (SSSR count). The molecular formula is C26H24NO+. The van der Waals surface area contributed by atoms with E-state index in [1.54, 1.807) is 0 Å². The summed E-state index contributed by atoms with van der Waals surface area (Å²) in [5, 5.41) is 4.73. The van der Waals surface area contributed by atoms with Gasteiger partial charge in [-0.2, -0.15) is 0 Å². The highest BCUT2D eigenvalue weighted by Crippen LogP contribution is 2.39. The van der Waals surface area contributed by atoms with E-state index in [0.29, 0.717) is 5.92 Å². The second-order valence-corrected chi connectivity index (χ2v) is 8.01.